The molecule has 4 nitrogen and oxygen atoms in total. The number of H-pyrrole nitrogens is 1. The molecule has 0 amide bonds. The van der Waals surface area contributed by atoms with Gasteiger partial charge in [0.1, 0.15) is 0 Å². The summed E-state index contributed by atoms with van der Waals surface area (Å²) >= 11 is 1.87. The molecule has 98 valence electrons. The summed E-state index contributed by atoms with van der Waals surface area (Å²) in [6.45, 7) is 2.21. The lowest BCUT2D eigenvalue weighted by Crippen LogP contribution is -2.33. The fourth-order valence-corrected chi connectivity index (χ4v) is 3.04. The number of anilines is 2. The third-order valence-electron chi connectivity index (χ3n) is 3.35. The molecular formula is C13H20N4S. The molecule has 1 aromatic carbocycles. The van der Waals surface area contributed by atoms with Crippen molar-refractivity contribution in [2.75, 3.05) is 29.7 Å². The van der Waals surface area contributed by atoms with Crippen LogP contribution in [-0.2, 0) is 0 Å². The number of rotatable bonds is 5. The fraction of sp³-hybridized carbons (Fsp3) is 0.462. The molecule has 0 saturated carbocycles. The largest absolute Gasteiger partial charge is 0.397 e. The van der Waals surface area contributed by atoms with E-state index in [1.165, 1.54) is 0 Å². The summed E-state index contributed by atoms with van der Waals surface area (Å²) < 4.78 is 0. The van der Waals surface area contributed by atoms with Crippen molar-refractivity contribution in [3.8, 4) is 0 Å². The van der Waals surface area contributed by atoms with Gasteiger partial charge in [-0.25, -0.2) is 0 Å². The zero-order valence-electron chi connectivity index (χ0n) is 11.1. The maximum Gasteiger partial charge on any atom is 0.0672 e. The Morgan fingerprint density at radius 2 is 2.28 bits per heavy atom. The van der Waals surface area contributed by atoms with E-state index in [1.807, 2.05) is 17.8 Å². The molecule has 0 fully saturated rings. The zero-order valence-corrected chi connectivity index (χ0v) is 11.9. The van der Waals surface area contributed by atoms with Gasteiger partial charge in [-0.2, -0.15) is 16.9 Å². The predicted molar refractivity (Wildman–Crippen MR) is 81.4 cm³/mol. The van der Waals surface area contributed by atoms with Crippen LogP contribution in [0.2, 0.25) is 0 Å². The monoisotopic (exact) mass is 264 g/mol. The summed E-state index contributed by atoms with van der Waals surface area (Å²) in [5.41, 5.74) is 9.07. The van der Waals surface area contributed by atoms with Crippen LogP contribution in [0.4, 0.5) is 11.4 Å². The van der Waals surface area contributed by atoms with Crippen molar-refractivity contribution >= 4 is 34.0 Å². The van der Waals surface area contributed by atoms with Crippen molar-refractivity contribution in [3.05, 3.63) is 18.3 Å². The number of nitrogen functional groups attached to an aromatic ring is 1. The van der Waals surface area contributed by atoms with Crippen LogP contribution in [0.1, 0.15) is 13.3 Å². The molecule has 0 saturated heterocycles. The minimum atomic E-state index is 0.502. The van der Waals surface area contributed by atoms with Crippen molar-refractivity contribution < 1.29 is 0 Å². The Morgan fingerprint density at radius 1 is 1.50 bits per heavy atom. The third-order valence-corrected chi connectivity index (χ3v) is 4.06. The molecular weight excluding hydrogens is 244 g/mol. The Balaban J connectivity index is 2.36. The van der Waals surface area contributed by atoms with Crippen molar-refractivity contribution in [1.82, 2.24) is 10.2 Å². The van der Waals surface area contributed by atoms with E-state index in [0.717, 1.165) is 34.5 Å². The molecule has 0 aliphatic rings. The highest BCUT2D eigenvalue weighted by Gasteiger charge is 2.16. The Bertz CT molecular complexity index is 523. The molecule has 0 spiro atoms. The van der Waals surface area contributed by atoms with E-state index in [-0.39, 0.29) is 0 Å². The van der Waals surface area contributed by atoms with Crippen molar-refractivity contribution in [1.29, 1.82) is 0 Å². The van der Waals surface area contributed by atoms with E-state index >= 15 is 0 Å². The van der Waals surface area contributed by atoms with Gasteiger partial charge in [-0.1, -0.05) is 6.92 Å². The molecule has 0 bridgehead atoms. The average Bonchev–Trinajstić information content (AvgIpc) is 2.81. The molecule has 0 radical (unpaired) electrons. The molecule has 1 atom stereocenters. The summed E-state index contributed by atoms with van der Waals surface area (Å²) in [5, 5.41) is 8.09. The van der Waals surface area contributed by atoms with E-state index in [0.29, 0.717) is 6.04 Å². The third kappa shape index (κ3) is 2.41. The van der Waals surface area contributed by atoms with Crippen molar-refractivity contribution in [3.63, 3.8) is 0 Å². The van der Waals surface area contributed by atoms with Crippen LogP contribution in [0.25, 0.3) is 10.9 Å². The number of nitrogens with one attached hydrogen (secondary N) is 1. The first-order chi connectivity index (χ1) is 8.67. The van der Waals surface area contributed by atoms with Crippen LogP contribution in [0.5, 0.6) is 0 Å². The van der Waals surface area contributed by atoms with Gasteiger partial charge in [0, 0.05) is 24.2 Å². The van der Waals surface area contributed by atoms with Gasteiger partial charge in [-0.05, 0) is 24.8 Å². The molecule has 0 aliphatic heterocycles. The molecule has 1 aromatic heterocycles. The fourth-order valence-electron chi connectivity index (χ4n) is 2.20. The van der Waals surface area contributed by atoms with Gasteiger partial charge in [0.15, 0.2) is 0 Å². The van der Waals surface area contributed by atoms with Gasteiger partial charge in [0.05, 0.1) is 23.1 Å². The summed E-state index contributed by atoms with van der Waals surface area (Å²) in [6, 6.07) is 4.57. The second kappa shape index (κ2) is 5.52. The molecule has 18 heavy (non-hydrogen) atoms. The first-order valence-electron chi connectivity index (χ1n) is 6.11. The topological polar surface area (TPSA) is 57.9 Å². The average molecular weight is 264 g/mol. The number of benzene rings is 1. The second-order valence-corrected chi connectivity index (χ2v) is 5.41. The lowest BCUT2D eigenvalue weighted by atomic mass is 10.1. The van der Waals surface area contributed by atoms with E-state index in [9.17, 15) is 0 Å². The highest BCUT2D eigenvalue weighted by atomic mass is 32.2. The number of hydrogen-bond donors (Lipinski definition) is 2. The highest BCUT2D eigenvalue weighted by Crippen LogP contribution is 2.29. The number of aromatic nitrogens is 2. The normalized spacial score (nSPS) is 12.8. The Labute approximate surface area is 112 Å². The first-order valence-corrected chi connectivity index (χ1v) is 7.51. The maximum absolute atomic E-state index is 6.15. The van der Waals surface area contributed by atoms with Gasteiger partial charge in [0.2, 0.25) is 0 Å². The van der Waals surface area contributed by atoms with Gasteiger partial charge in [-0.3, -0.25) is 5.10 Å². The first kappa shape index (κ1) is 13.1. The number of nitrogens with two attached hydrogens (primary N) is 1. The van der Waals surface area contributed by atoms with Crippen LogP contribution in [0.15, 0.2) is 18.3 Å². The number of nitrogens with zero attached hydrogens (tertiary/aromatic N) is 2. The van der Waals surface area contributed by atoms with Crippen LogP contribution in [0, 0.1) is 0 Å². The standard InChI is InChI=1S/C13H20N4S/c1-4-10(8-18-3)17(2)13-6-12-9(5-11(13)14)7-15-16-12/h5-7,10H,4,8,14H2,1-3H3,(H,15,16). The number of fused-ring (bicyclic) bond motifs is 1. The summed E-state index contributed by atoms with van der Waals surface area (Å²) in [5.74, 6) is 1.10. The smallest absolute Gasteiger partial charge is 0.0672 e. The van der Waals surface area contributed by atoms with Crippen molar-refractivity contribution in [2.24, 2.45) is 0 Å². The van der Waals surface area contributed by atoms with E-state index < -0.39 is 0 Å². The summed E-state index contributed by atoms with van der Waals surface area (Å²) in [4.78, 5) is 2.27. The number of thioether (sulfide) groups is 1. The molecule has 2 rings (SSSR count). The predicted octanol–water partition coefficient (Wildman–Crippen LogP) is 2.72. The minimum Gasteiger partial charge on any atom is -0.397 e. The number of aromatic amines is 1. The summed E-state index contributed by atoms with van der Waals surface area (Å²) in [7, 11) is 2.11. The quantitative estimate of drug-likeness (QED) is 0.815. The molecule has 1 heterocycles. The van der Waals surface area contributed by atoms with Crippen LogP contribution < -0.4 is 10.6 Å². The maximum atomic E-state index is 6.15. The highest BCUT2D eigenvalue weighted by molar-refractivity contribution is 7.98. The Kier molecular flexibility index (Phi) is 4.01. The minimum absolute atomic E-state index is 0.502. The second-order valence-electron chi connectivity index (χ2n) is 4.50. The lowest BCUT2D eigenvalue weighted by Gasteiger charge is -2.29. The molecule has 1 unspecified atom stereocenters. The Morgan fingerprint density at radius 3 is 2.94 bits per heavy atom. The number of hydrogen-bond acceptors (Lipinski definition) is 4. The van der Waals surface area contributed by atoms with Gasteiger partial charge >= 0.3 is 0 Å². The van der Waals surface area contributed by atoms with E-state index in [2.05, 4.69) is 41.4 Å². The lowest BCUT2D eigenvalue weighted by molar-refractivity contribution is 0.674. The van der Waals surface area contributed by atoms with Crippen molar-refractivity contribution in [2.45, 2.75) is 19.4 Å². The van der Waals surface area contributed by atoms with Gasteiger partial charge < -0.3 is 10.6 Å². The van der Waals surface area contributed by atoms with Crippen LogP contribution in [-0.4, -0.2) is 35.3 Å². The molecule has 5 heteroatoms. The molecule has 2 aromatic rings. The van der Waals surface area contributed by atoms with Gasteiger partial charge in [0.25, 0.3) is 0 Å². The summed E-state index contributed by atoms with van der Waals surface area (Å²) in [6.07, 6.45) is 5.05. The van der Waals surface area contributed by atoms with Crippen LogP contribution >= 0.6 is 11.8 Å². The molecule has 3 N–H and O–H groups in total. The van der Waals surface area contributed by atoms with E-state index in [4.69, 9.17) is 5.73 Å². The Hall–Kier alpha value is -1.36. The zero-order chi connectivity index (χ0) is 13.1. The van der Waals surface area contributed by atoms with Crippen LogP contribution in [0.3, 0.4) is 0 Å². The SMILES string of the molecule is CCC(CSC)N(C)c1cc2[nH]ncc2cc1N. The van der Waals surface area contributed by atoms with Gasteiger partial charge in [-0.15, -0.1) is 0 Å². The van der Waals surface area contributed by atoms with E-state index in [1.54, 1.807) is 6.20 Å². The molecule has 0 aliphatic carbocycles.